The van der Waals surface area contributed by atoms with Gasteiger partial charge >= 0.3 is 0 Å². The second-order valence-corrected chi connectivity index (χ2v) is 4.79. The molecule has 1 N–H and O–H groups in total. The minimum absolute atomic E-state index is 0.00298. The molecule has 1 aromatic heterocycles. The van der Waals surface area contributed by atoms with Crippen LogP contribution in [0.15, 0.2) is 0 Å². The molecule has 1 rings (SSSR count). The fourth-order valence-corrected chi connectivity index (χ4v) is 2.19. The van der Waals surface area contributed by atoms with E-state index < -0.39 is 0 Å². The molecule has 0 aliphatic heterocycles. The Kier molecular flexibility index (Phi) is 6.78. The van der Waals surface area contributed by atoms with Crippen LogP contribution in [0, 0.1) is 6.92 Å². The molecule has 0 bridgehead atoms. The van der Waals surface area contributed by atoms with Crippen molar-refractivity contribution < 1.29 is 4.74 Å². The van der Waals surface area contributed by atoms with Gasteiger partial charge in [-0.3, -0.25) is 0 Å². The molecule has 0 fully saturated rings. The summed E-state index contributed by atoms with van der Waals surface area (Å²) in [4.78, 5) is 9.31. The number of anilines is 1. The lowest BCUT2D eigenvalue weighted by atomic mass is 10.1. The predicted molar refractivity (Wildman–Crippen MR) is 79.6 cm³/mol. The standard InChI is InChI=1S/C15H27N3O/c1-6-9-13(19-5)15-17-11(4)12(8-3)14(18-15)16-10-7-2/h13H,6-10H2,1-5H3,(H,16,17,18). The van der Waals surface area contributed by atoms with E-state index in [1.54, 1.807) is 7.11 Å². The quantitative estimate of drug-likeness (QED) is 0.779. The summed E-state index contributed by atoms with van der Waals surface area (Å²) >= 11 is 0. The highest BCUT2D eigenvalue weighted by Crippen LogP contribution is 2.24. The highest BCUT2D eigenvalue weighted by Gasteiger charge is 2.17. The molecule has 19 heavy (non-hydrogen) atoms. The van der Waals surface area contributed by atoms with Crippen LogP contribution < -0.4 is 5.32 Å². The van der Waals surface area contributed by atoms with Gasteiger partial charge in [-0.25, -0.2) is 9.97 Å². The number of rotatable bonds is 8. The molecule has 1 heterocycles. The van der Waals surface area contributed by atoms with Crippen molar-refractivity contribution in [2.75, 3.05) is 19.0 Å². The second kappa shape index (κ2) is 8.10. The second-order valence-electron chi connectivity index (χ2n) is 4.79. The number of aromatic nitrogens is 2. The molecule has 108 valence electrons. The first-order valence-corrected chi connectivity index (χ1v) is 7.31. The van der Waals surface area contributed by atoms with E-state index in [-0.39, 0.29) is 6.10 Å². The molecule has 0 saturated heterocycles. The van der Waals surface area contributed by atoms with Crippen molar-refractivity contribution in [2.24, 2.45) is 0 Å². The van der Waals surface area contributed by atoms with E-state index in [0.29, 0.717) is 0 Å². The normalized spacial score (nSPS) is 12.5. The van der Waals surface area contributed by atoms with Crippen LogP contribution in [-0.4, -0.2) is 23.6 Å². The van der Waals surface area contributed by atoms with Crippen molar-refractivity contribution in [3.05, 3.63) is 17.1 Å². The molecule has 0 spiro atoms. The summed E-state index contributed by atoms with van der Waals surface area (Å²) in [6.07, 6.45) is 4.05. The van der Waals surface area contributed by atoms with Crippen LogP contribution >= 0.6 is 0 Å². The molecule has 1 aromatic rings. The van der Waals surface area contributed by atoms with Crippen LogP contribution in [0.5, 0.6) is 0 Å². The minimum atomic E-state index is -0.00298. The van der Waals surface area contributed by atoms with Gasteiger partial charge < -0.3 is 10.1 Å². The fourth-order valence-electron chi connectivity index (χ4n) is 2.19. The van der Waals surface area contributed by atoms with E-state index in [1.807, 2.05) is 0 Å². The Morgan fingerprint density at radius 1 is 1.16 bits per heavy atom. The van der Waals surface area contributed by atoms with Gasteiger partial charge in [0.2, 0.25) is 0 Å². The van der Waals surface area contributed by atoms with Crippen LogP contribution in [-0.2, 0) is 11.2 Å². The summed E-state index contributed by atoms with van der Waals surface area (Å²) in [6.45, 7) is 9.44. The SMILES string of the molecule is CCCNc1nc(C(CCC)OC)nc(C)c1CC. The maximum Gasteiger partial charge on any atom is 0.159 e. The van der Waals surface area contributed by atoms with E-state index in [9.17, 15) is 0 Å². The molecular formula is C15H27N3O. The average molecular weight is 265 g/mol. The average Bonchev–Trinajstić information content (AvgIpc) is 2.41. The molecular weight excluding hydrogens is 238 g/mol. The van der Waals surface area contributed by atoms with Gasteiger partial charge in [0.05, 0.1) is 0 Å². The lowest BCUT2D eigenvalue weighted by Gasteiger charge is -2.18. The number of methoxy groups -OCH3 is 1. The van der Waals surface area contributed by atoms with Crippen LogP contribution in [0.2, 0.25) is 0 Å². The van der Waals surface area contributed by atoms with E-state index >= 15 is 0 Å². The summed E-state index contributed by atoms with van der Waals surface area (Å²) in [7, 11) is 1.73. The number of nitrogens with zero attached hydrogens (tertiary/aromatic N) is 2. The van der Waals surface area contributed by atoms with E-state index in [1.165, 1.54) is 5.56 Å². The summed E-state index contributed by atoms with van der Waals surface area (Å²) < 4.78 is 5.51. The third-order valence-corrected chi connectivity index (χ3v) is 3.25. The molecule has 0 aliphatic carbocycles. The Hall–Kier alpha value is -1.16. The lowest BCUT2D eigenvalue weighted by Crippen LogP contribution is -2.14. The highest BCUT2D eigenvalue weighted by atomic mass is 16.5. The van der Waals surface area contributed by atoms with Crippen molar-refractivity contribution in [3.63, 3.8) is 0 Å². The van der Waals surface area contributed by atoms with Crippen LogP contribution in [0.3, 0.4) is 0 Å². The predicted octanol–water partition coefficient (Wildman–Crippen LogP) is 3.66. The van der Waals surface area contributed by atoms with Crippen molar-refractivity contribution >= 4 is 5.82 Å². The molecule has 1 unspecified atom stereocenters. The van der Waals surface area contributed by atoms with Crippen LogP contribution in [0.25, 0.3) is 0 Å². The number of ether oxygens (including phenoxy) is 1. The van der Waals surface area contributed by atoms with Crippen molar-refractivity contribution in [2.45, 2.75) is 59.5 Å². The van der Waals surface area contributed by atoms with Gasteiger partial charge in [0, 0.05) is 24.9 Å². The number of aryl methyl sites for hydroxylation is 1. The van der Waals surface area contributed by atoms with Gasteiger partial charge in [0.15, 0.2) is 5.82 Å². The summed E-state index contributed by atoms with van der Waals surface area (Å²) in [5, 5.41) is 3.41. The third-order valence-electron chi connectivity index (χ3n) is 3.25. The van der Waals surface area contributed by atoms with Gasteiger partial charge in [-0.2, -0.15) is 0 Å². The molecule has 1 atom stereocenters. The molecule has 0 amide bonds. The Morgan fingerprint density at radius 3 is 2.42 bits per heavy atom. The molecule has 4 heteroatoms. The molecule has 0 saturated carbocycles. The zero-order chi connectivity index (χ0) is 14.3. The summed E-state index contributed by atoms with van der Waals surface area (Å²) in [5.41, 5.74) is 2.27. The van der Waals surface area contributed by atoms with Crippen molar-refractivity contribution in [3.8, 4) is 0 Å². The minimum Gasteiger partial charge on any atom is -0.373 e. The number of hydrogen-bond acceptors (Lipinski definition) is 4. The molecule has 0 aromatic carbocycles. The van der Waals surface area contributed by atoms with Crippen LogP contribution in [0.1, 0.15) is 63.2 Å². The largest absolute Gasteiger partial charge is 0.373 e. The zero-order valence-corrected chi connectivity index (χ0v) is 12.9. The maximum absolute atomic E-state index is 5.51. The lowest BCUT2D eigenvalue weighted by molar-refractivity contribution is 0.0875. The highest BCUT2D eigenvalue weighted by molar-refractivity contribution is 5.46. The monoisotopic (exact) mass is 265 g/mol. The topological polar surface area (TPSA) is 47.0 Å². The number of nitrogens with one attached hydrogen (secondary N) is 1. The van der Waals surface area contributed by atoms with Gasteiger partial charge in [-0.05, 0) is 26.2 Å². The molecule has 4 nitrogen and oxygen atoms in total. The van der Waals surface area contributed by atoms with E-state index in [2.05, 4.69) is 43.0 Å². The molecule has 0 radical (unpaired) electrons. The smallest absolute Gasteiger partial charge is 0.159 e. The Labute approximate surface area is 117 Å². The van der Waals surface area contributed by atoms with Gasteiger partial charge in [-0.15, -0.1) is 0 Å². The first kappa shape index (κ1) is 15.9. The third kappa shape index (κ3) is 4.16. The van der Waals surface area contributed by atoms with Gasteiger partial charge in [-0.1, -0.05) is 27.2 Å². The zero-order valence-electron chi connectivity index (χ0n) is 12.9. The number of hydrogen-bond donors (Lipinski definition) is 1. The first-order valence-electron chi connectivity index (χ1n) is 7.31. The fraction of sp³-hybridized carbons (Fsp3) is 0.733. The summed E-state index contributed by atoms with van der Waals surface area (Å²) in [6, 6.07) is 0. The van der Waals surface area contributed by atoms with Crippen molar-refractivity contribution in [1.29, 1.82) is 0 Å². The maximum atomic E-state index is 5.51. The Bertz CT molecular complexity index is 393. The Balaban J connectivity index is 3.09. The van der Waals surface area contributed by atoms with Crippen LogP contribution in [0.4, 0.5) is 5.82 Å². The molecule has 0 aliphatic rings. The Morgan fingerprint density at radius 2 is 1.89 bits per heavy atom. The van der Waals surface area contributed by atoms with Crippen molar-refractivity contribution in [1.82, 2.24) is 9.97 Å². The summed E-state index contributed by atoms with van der Waals surface area (Å²) in [5.74, 6) is 1.78. The van der Waals surface area contributed by atoms with E-state index in [0.717, 1.165) is 49.6 Å². The first-order chi connectivity index (χ1) is 9.17. The van der Waals surface area contributed by atoms with Gasteiger partial charge in [0.1, 0.15) is 11.9 Å². The van der Waals surface area contributed by atoms with E-state index in [4.69, 9.17) is 4.74 Å². The van der Waals surface area contributed by atoms with Gasteiger partial charge in [0.25, 0.3) is 0 Å².